The van der Waals surface area contributed by atoms with Crippen molar-refractivity contribution < 1.29 is 0 Å². The molecule has 2 heterocycles. The smallest absolute Gasteiger partial charge is 0.0198 e. The third-order valence-electron chi connectivity index (χ3n) is 5.67. The number of rotatable bonds is 3. The summed E-state index contributed by atoms with van der Waals surface area (Å²) in [4.78, 5) is 5.30. The SMILES string of the molecule is C[C@H]1CN(C(C)(C)C)C[C@@H](CC[C@H]2CN(C(C)(C)C)C[C@H](C)N2)N1. The summed E-state index contributed by atoms with van der Waals surface area (Å²) in [6.07, 6.45) is 2.53. The highest BCUT2D eigenvalue weighted by Crippen LogP contribution is 2.22. The van der Waals surface area contributed by atoms with Crippen LogP contribution < -0.4 is 10.6 Å². The van der Waals surface area contributed by atoms with Gasteiger partial charge in [0.1, 0.15) is 0 Å². The Morgan fingerprint density at radius 1 is 0.667 bits per heavy atom. The van der Waals surface area contributed by atoms with Gasteiger partial charge in [-0.2, -0.15) is 0 Å². The Labute approximate surface area is 150 Å². The number of hydrogen-bond donors (Lipinski definition) is 2. The first-order valence-corrected chi connectivity index (χ1v) is 9.97. The van der Waals surface area contributed by atoms with E-state index in [4.69, 9.17) is 0 Å². The number of nitrogens with zero attached hydrogens (tertiary/aromatic N) is 2. The second-order valence-corrected chi connectivity index (χ2v) is 10.3. The second kappa shape index (κ2) is 7.61. The number of nitrogens with one attached hydrogen (secondary N) is 2. The van der Waals surface area contributed by atoms with Crippen LogP contribution in [0.1, 0.15) is 68.2 Å². The van der Waals surface area contributed by atoms with Crippen molar-refractivity contribution in [3.05, 3.63) is 0 Å². The van der Waals surface area contributed by atoms with Crippen molar-refractivity contribution in [1.82, 2.24) is 20.4 Å². The first-order chi connectivity index (χ1) is 10.9. The molecule has 24 heavy (non-hydrogen) atoms. The van der Waals surface area contributed by atoms with Crippen LogP contribution in [0.25, 0.3) is 0 Å². The Hall–Kier alpha value is -0.160. The van der Waals surface area contributed by atoms with Gasteiger partial charge in [-0.05, 0) is 68.2 Å². The van der Waals surface area contributed by atoms with E-state index in [1.807, 2.05) is 0 Å². The van der Waals surface area contributed by atoms with E-state index >= 15 is 0 Å². The normalized spacial score (nSPS) is 34.5. The predicted octanol–water partition coefficient (Wildman–Crippen LogP) is 2.69. The summed E-state index contributed by atoms with van der Waals surface area (Å²) < 4.78 is 0. The second-order valence-electron chi connectivity index (χ2n) is 10.3. The van der Waals surface area contributed by atoms with Crippen LogP contribution in [0.3, 0.4) is 0 Å². The van der Waals surface area contributed by atoms with E-state index in [-0.39, 0.29) is 11.1 Å². The van der Waals surface area contributed by atoms with E-state index in [2.05, 4.69) is 75.8 Å². The van der Waals surface area contributed by atoms with Gasteiger partial charge in [-0.25, -0.2) is 0 Å². The van der Waals surface area contributed by atoms with E-state index in [1.165, 1.54) is 25.9 Å². The summed E-state index contributed by atoms with van der Waals surface area (Å²) in [6, 6.07) is 2.42. The van der Waals surface area contributed by atoms with Crippen LogP contribution in [0.5, 0.6) is 0 Å². The molecular formula is C20H42N4. The third-order valence-corrected chi connectivity index (χ3v) is 5.67. The molecule has 0 radical (unpaired) electrons. The van der Waals surface area contributed by atoms with Crippen molar-refractivity contribution in [3.63, 3.8) is 0 Å². The summed E-state index contributed by atoms with van der Waals surface area (Å²) in [5.41, 5.74) is 0.546. The molecule has 0 aromatic carbocycles. The first-order valence-electron chi connectivity index (χ1n) is 9.97. The molecule has 142 valence electrons. The highest BCUT2D eigenvalue weighted by Gasteiger charge is 2.33. The zero-order valence-electron chi connectivity index (χ0n) is 17.4. The zero-order chi connectivity index (χ0) is 18.1. The molecule has 2 fully saturated rings. The predicted molar refractivity (Wildman–Crippen MR) is 105 cm³/mol. The first kappa shape index (κ1) is 20.2. The molecular weight excluding hydrogens is 296 g/mol. The van der Waals surface area contributed by atoms with Gasteiger partial charge in [0.15, 0.2) is 0 Å². The van der Waals surface area contributed by atoms with Gasteiger partial charge in [0.2, 0.25) is 0 Å². The molecule has 0 bridgehead atoms. The Balaban J connectivity index is 1.87. The highest BCUT2D eigenvalue weighted by atomic mass is 15.3. The Bertz CT molecular complexity index is 357. The highest BCUT2D eigenvalue weighted by molar-refractivity contribution is 4.93. The third kappa shape index (κ3) is 5.69. The Morgan fingerprint density at radius 3 is 1.29 bits per heavy atom. The van der Waals surface area contributed by atoms with Crippen molar-refractivity contribution in [2.24, 2.45) is 0 Å². The van der Waals surface area contributed by atoms with Crippen molar-refractivity contribution in [3.8, 4) is 0 Å². The molecule has 2 saturated heterocycles. The van der Waals surface area contributed by atoms with Gasteiger partial charge < -0.3 is 10.6 Å². The van der Waals surface area contributed by atoms with E-state index in [0.717, 1.165) is 13.1 Å². The van der Waals surface area contributed by atoms with E-state index in [0.29, 0.717) is 24.2 Å². The average Bonchev–Trinajstić information content (AvgIpc) is 2.42. The fraction of sp³-hybridized carbons (Fsp3) is 1.00. The topological polar surface area (TPSA) is 30.5 Å². The van der Waals surface area contributed by atoms with Crippen LogP contribution >= 0.6 is 0 Å². The van der Waals surface area contributed by atoms with Crippen LogP contribution in [-0.4, -0.2) is 71.2 Å². The molecule has 4 heteroatoms. The van der Waals surface area contributed by atoms with E-state index < -0.39 is 0 Å². The molecule has 0 aliphatic carbocycles. The quantitative estimate of drug-likeness (QED) is 0.828. The molecule has 2 aliphatic heterocycles. The van der Waals surface area contributed by atoms with Crippen molar-refractivity contribution in [2.45, 2.75) is 103 Å². The molecule has 0 spiro atoms. The molecule has 0 saturated carbocycles. The van der Waals surface area contributed by atoms with Gasteiger partial charge >= 0.3 is 0 Å². The van der Waals surface area contributed by atoms with Crippen LogP contribution in [0.4, 0.5) is 0 Å². The van der Waals surface area contributed by atoms with E-state index in [9.17, 15) is 0 Å². The van der Waals surface area contributed by atoms with Crippen molar-refractivity contribution in [2.75, 3.05) is 26.2 Å². The minimum atomic E-state index is 0.273. The fourth-order valence-corrected chi connectivity index (χ4v) is 4.20. The van der Waals surface area contributed by atoms with Crippen molar-refractivity contribution in [1.29, 1.82) is 0 Å². The number of piperazine rings is 2. The minimum absolute atomic E-state index is 0.273. The lowest BCUT2D eigenvalue weighted by Crippen LogP contribution is -2.62. The molecule has 0 amide bonds. The maximum absolute atomic E-state index is 3.83. The summed E-state index contributed by atoms with van der Waals surface area (Å²) >= 11 is 0. The van der Waals surface area contributed by atoms with E-state index in [1.54, 1.807) is 0 Å². The molecule has 0 aromatic rings. The average molecular weight is 339 g/mol. The maximum Gasteiger partial charge on any atom is 0.0198 e. The van der Waals surface area contributed by atoms with Gasteiger partial charge in [0.05, 0.1) is 0 Å². The zero-order valence-corrected chi connectivity index (χ0v) is 17.4. The summed E-state index contributed by atoms with van der Waals surface area (Å²) in [5, 5.41) is 7.66. The van der Waals surface area contributed by atoms with Gasteiger partial charge in [0.25, 0.3) is 0 Å². The molecule has 2 aliphatic rings. The van der Waals surface area contributed by atoms with Gasteiger partial charge in [-0.3, -0.25) is 9.80 Å². The molecule has 0 unspecified atom stereocenters. The monoisotopic (exact) mass is 338 g/mol. The summed E-state index contributed by atoms with van der Waals surface area (Å²) in [6.45, 7) is 23.4. The largest absolute Gasteiger partial charge is 0.309 e. The Morgan fingerprint density at radius 2 is 1.00 bits per heavy atom. The van der Waals surface area contributed by atoms with Crippen LogP contribution in [0, 0.1) is 0 Å². The maximum atomic E-state index is 3.83. The molecule has 0 aromatic heterocycles. The summed E-state index contributed by atoms with van der Waals surface area (Å²) in [5.74, 6) is 0. The molecule has 4 nitrogen and oxygen atoms in total. The molecule has 4 atom stereocenters. The lowest BCUT2D eigenvalue weighted by atomic mass is 9.95. The van der Waals surface area contributed by atoms with Crippen molar-refractivity contribution >= 4 is 0 Å². The molecule has 2 rings (SSSR count). The van der Waals surface area contributed by atoms with Gasteiger partial charge in [-0.1, -0.05) is 0 Å². The summed E-state index contributed by atoms with van der Waals surface area (Å²) in [7, 11) is 0. The lowest BCUT2D eigenvalue weighted by Gasteiger charge is -2.46. The lowest BCUT2D eigenvalue weighted by molar-refractivity contribution is 0.0595. The van der Waals surface area contributed by atoms with Crippen LogP contribution in [0.15, 0.2) is 0 Å². The molecule has 2 N–H and O–H groups in total. The van der Waals surface area contributed by atoms with Gasteiger partial charge in [-0.15, -0.1) is 0 Å². The minimum Gasteiger partial charge on any atom is -0.309 e. The Kier molecular flexibility index (Phi) is 6.39. The number of hydrogen-bond acceptors (Lipinski definition) is 4. The van der Waals surface area contributed by atoms with Crippen LogP contribution in [-0.2, 0) is 0 Å². The fourth-order valence-electron chi connectivity index (χ4n) is 4.20. The standard InChI is InChI=1S/C20H42N4/c1-15-11-23(19(3,4)5)13-17(21-15)9-10-18-14-24(20(6,7)8)12-16(2)22-18/h15-18,21-22H,9-14H2,1-8H3/t15-,16-,17-,18+/m0/s1. The van der Waals surface area contributed by atoms with Crippen LogP contribution in [0.2, 0.25) is 0 Å². The van der Waals surface area contributed by atoms with Gasteiger partial charge in [0, 0.05) is 61.4 Å².